The van der Waals surface area contributed by atoms with Crippen LogP contribution in [0.2, 0.25) is 0 Å². The summed E-state index contributed by atoms with van der Waals surface area (Å²) in [5, 5.41) is 0. The lowest BCUT2D eigenvalue weighted by Crippen LogP contribution is -2.33. The zero-order valence-electron chi connectivity index (χ0n) is 11.7. The van der Waals surface area contributed by atoms with Gasteiger partial charge in [-0.2, -0.15) is 0 Å². The van der Waals surface area contributed by atoms with Crippen LogP contribution in [0.5, 0.6) is 0 Å². The van der Waals surface area contributed by atoms with Gasteiger partial charge in [0, 0.05) is 24.1 Å². The van der Waals surface area contributed by atoms with Gasteiger partial charge in [0.05, 0.1) is 0 Å². The summed E-state index contributed by atoms with van der Waals surface area (Å²) in [6.45, 7) is 1.48. The molecule has 0 fully saturated rings. The van der Waals surface area contributed by atoms with Crippen molar-refractivity contribution in [2.24, 2.45) is 0 Å². The maximum absolute atomic E-state index is 12.2. The summed E-state index contributed by atoms with van der Waals surface area (Å²) >= 11 is 1.69. The number of nitrogens with zero attached hydrogens (tertiary/aromatic N) is 1. The van der Waals surface area contributed by atoms with Crippen LogP contribution in [0.3, 0.4) is 0 Å². The fraction of sp³-hybridized carbons (Fsp3) is 0.167. The van der Waals surface area contributed by atoms with Crippen LogP contribution in [-0.2, 0) is 11.3 Å². The number of amides is 1. The number of benzene rings is 2. The molecule has 0 radical (unpaired) electrons. The molecule has 2 aromatic rings. The van der Waals surface area contributed by atoms with Crippen LogP contribution in [0, 0.1) is 0 Å². The number of hydrogen-bond acceptors (Lipinski definition) is 2. The molecule has 0 spiro atoms. The van der Waals surface area contributed by atoms with Gasteiger partial charge in [-0.15, -0.1) is 0 Å². The van der Waals surface area contributed by atoms with Gasteiger partial charge in [-0.05, 0) is 29.0 Å². The molecule has 0 N–H and O–H groups in total. The van der Waals surface area contributed by atoms with E-state index >= 15 is 0 Å². The molecule has 1 heterocycles. The minimum atomic E-state index is 0.114. The van der Waals surface area contributed by atoms with Gasteiger partial charge in [-0.1, -0.05) is 60.3 Å². The average molecular weight is 295 g/mol. The molecule has 2 aromatic carbocycles. The van der Waals surface area contributed by atoms with Crippen molar-refractivity contribution >= 4 is 17.7 Å². The SMILES string of the molecule is O=C1C=C(Sc2ccccc2)CCN1Cc1ccccc1. The first-order valence-electron chi connectivity index (χ1n) is 7.07. The molecule has 0 unspecified atom stereocenters. The predicted molar refractivity (Wildman–Crippen MR) is 86.9 cm³/mol. The Morgan fingerprint density at radius 2 is 1.62 bits per heavy atom. The Balaban J connectivity index is 1.64. The average Bonchev–Trinajstić information content (AvgIpc) is 2.52. The molecule has 2 nitrogen and oxygen atoms in total. The van der Waals surface area contributed by atoms with Gasteiger partial charge in [0.1, 0.15) is 0 Å². The largest absolute Gasteiger partial charge is 0.334 e. The molecule has 0 aromatic heterocycles. The van der Waals surface area contributed by atoms with Crippen molar-refractivity contribution in [3.63, 3.8) is 0 Å². The second kappa shape index (κ2) is 6.64. The van der Waals surface area contributed by atoms with Crippen LogP contribution in [0.15, 0.2) is 76.5 Å². The molecule has 0 saturated carbocycles. The highest BCUT2D eigenvalue weighted by molar-refractivity contribution is 8.03. The lowest BCUT2D eigenvalue weighted by atomic mass is 10.1. The fourth-order valence-corrected chi connectivity index (χ4v) is 3.29. The summed E-state index contributed by atoms with van der Waals surface area (Å²) in [4.78, 5) is 16.5. The Morgan fingerprint density at radius 3 is 2.29 bits per heavy atom. The van der Waals surface area contributed by atoms with Crippen LogP contribution in [0.25, 0.3) is 0 Å². The first kappa shape index (κ1) is 14.0. The molecule has 0 bridgehead atoms. The Labute approximate surface area is 129 Å². The molecule has 3 heteroatoms. The maximum atomic E-state index is 12.2. The third kappa shape index (κ3) is 3.76. The molecular weight excluding hydrogens is 278 g/mol. The zero-order valence-corrected chi connectivity index (χ0v) is 12.6. The summed E-state index contributed by atoms with van der Waals surface area (Å²) in [5.74, 6) is 0.114. The Hall–Kier alpha value is -2.00. The zero-order chi connectivity index (χ0) is 14.5. The third-order valence-corrected chi connectivity index (χ3v) is 4.52. The van der Waals surface area contributed by atoms with Gasteiger partial charge in [-0.3, -0.25) is 4.79 Å². The summed E-state index contributed by atoms with van der Waals surface area (Å²) in [7, 11) is 0. The van der Waals surface area contributed by atoms with Crippen molar-refractivity contribution in [3.8, 4) is 0 Å². The van der Waals surface area contributed by atoms with E-state index in [9.17, 15) is 4.79 Å². The van der Waals surface area contributed by atoms with Crippen molar-refractivity contribution in [1.29, 1.82) is 0 Å². The van der Waals surface area contributed by atoms with Gasteiger partial charge < -0.3 is 4.90 Å². The number of rotatable bonds is 4. The van der Waals surface area contributed by atoms with Crippen LogP contribution in [0.1, 0.15) is 12.0 Å². The third-order valence-electron chi connectivity index (χ3n) is 3.43. The highest BCUT2D eigenvalue weighted by Crippen LogP contribution is 2.31. The highest BCUT2D eigenvalue weighted by Gasteiger charge is 2.19. The molecule has 1 aliphatic heterocycles. The smallest absolute Gasteiger partial charge is 0.247 e. The number of thioether (sulfide) groups is 1. The van der Waals surface area contributed by atoms with Crippen molar-refractivity contribution in [3.05, 3.63) is 77.2 Å². The summed E-state index contributed by atoms with van der Waals surface area (Å²) < 4.78 is 0. The summed E-state index contributed by atoms with van der Waals surface area (Å²) in [6.07, 6.45) is 2.71. The van der Waals surface area contributed by atoms with Crippen molar-refractivity contribution in [2.45, 2.75) is 17.9 Å². The van der Waals surface area contributed by atoms with E-state index in [1.165, 1.54) is 10.5 Å². The lowest BCUT2D eigenvalue weighted by molar-refractivity contribution is -0.127. The second-order valence-electron chi connectivity index (χ2n) is 5.02. The summed E-state index contributed by atoms with van der Waals surface area (Å²) in [5.41, 5.74) is 1.18. The second-order valence-corrected chi connectivity index (χ2v) is 6.22. The quantitative estimate of drug-likeness (QED) is 0.846. The van der Waals surface area contributed by atoms with Gasteiger partial charge in [0.25, 0.3) is 0 Å². The van der Waals surface area contributed by atoms with Gasteiger partial charge in [-0.25, -0.2) is 0 Å². The summed E-state index contributed by atoms with van der Waals surface area (Å²) in [6, 6.07) is 20.3. The van der Waals surface area contributed by atoms with Gasteiger partial charge in [0.15, 0.2) is 0 Å². The van der Waals surface area contributed by atoms with E-state index in [0.29, 0.717) is 6.54 Å². The van der Waals surface area contributed by atoms with E-state index in [1.54, 1.807) is 17.8 Å². The van der Waals surface area contributed by atoms with Crippen LogP contribution < -0.4 is 0 Å². The first-order valence-corrected chi connectivity index (χ1v) is 7.89. The lowest BCUT2D eigenvalue weighted by Gasteiger charge is -2.26. The molecule has 0 saturated heterocycles. The van der Waals surface area contributed by atoms with E-state index in [0.717, 1.165) is 17.9 Å². The van der Waals surface area contributed by atoms with E-state index in [2.05, 4.69) is 24.3 Å². The number of carbonyl (C=O) groups excluding carboxylic acids is 1. The van der Waals surface area contributed by atoms with Crippen LogP contribution in [0.4, 0.5) is 0 Å². The number of carbonyl (C=O) groups is 1. The molecule has 1 aliphatic rings. The van der Waals surface area contributed by atoms with E-state index in [4.69, 9.17) is 0 Å². The topological polar surface area (TPSA) is 20.3 Å². The van der Waals surface area contributed by atoms with E-state index in [-0.39, 0.29) is 5.91 Å². The molecule has 0 aliphatic carbocycles. The van der Waals surface area contributed by atoms with E-state index in [1.807, 2.05) is 41.3 Å². The van der Waals surface area contributed by atoms with Crippen LogP contribution >= 0.6 is 11.8 Å². The monoisotopic (exact) mass is 295 g/mol. The van der Waals surface area contributed by atoms with Crippen molar-refractivity contribution in [2.75, 3.05) is 6.54 Å². The van der Waals surface area contributed by atoms with Crippen molar-refractivity contribution in [1.82, 2.24) is 4.90 Å². The fourth-order valence-electron chi connectivity index (χ4n) is 2.34. The minimum Gasteiger partial charge on any atom is -0.334 e. The standard InChI is InChI=1S/C18H17NOS/c20-18-13-17(21-16-9-5-2-6-10-16)11-12-19(18)14-15-7-3-1-4-8-15/h1-10,13H,11-12,14H2. The normalized spacial score (nSPS) is 15.0. The van der Waals surface area contributed by atoms with Gasteiger partial charge in [0.2, 0.25) is 5.91 Å². The molecule has 0 atom stereocenters. The highest BCUT2D eigenvalue weighted by atomic mass is 32.2. The molecule has 21 heavy (non-hydrogen) atoms. The van der Waals surface area contributed by atoms with E-state index < -0.39 is 0 Å². The Morgan fingerprint density at radius 1 is 0.952 bits per heavy atom. The van der Waals surface area contributed by atoms with Crippen molar-refractivity contribution < 1.29 is 4.79 Å². The molecule has 3 rings (SSSR count). The minimum absolute atomic E-state index is 0.114. The molecular formula is C18H17NOS. The Kier molecular flexibility index (Phi) is 4.41. The van der Waals surface area contributed by atoms with Crippen LogP contribution in [-0.4, -0.2) is 17.4 Å². The van der Waals surface area contributed by atoms with Gasteiger partial charge >= 0.3 is 0 Å². The first-order chi connectivity index (χ1) is 10.3. The maximum Gasteiger partial charge on any atom is 0.247 e. The predicted octanol–water partition coefficient (Wildman–Crippen LogP) is 4.10. The Bertz CT molecular complexity index is 637. The molecule has 106 valence electrons. The molecule has 1 amide bonds. The number of hydrogen-bond donors (Lipinski definition) is 0.